The highest BCUT2D eigenvalue weighted by atomic mass is 16.4. The fourth-order valence-electron chi connectivity index (χ4n) is 2.62. The number of piperidine rings is 1. The van der Waals surface area contributed by atoms with E-state index in [1.165, 1.54) is 0 Å². The minimum Gasteiger partial charge on any atom is -0.389 e. The molecule has 0 aromatic heterocycles. The summed E-state index contributed by atoms with van der Waals surface area (Å²) in [5.74, 6) is 0.238. The van der Waals surface area contributed by atoms with Gasteiger partial charge in [0.05, 0.1) is 6.10 Å². The van der Waals surface area contributed by atoms with Crippen molar-refractivity contribution in [2.45, 2.75) is 43.9 Å². The van der Waals surface area contributed by atoms with Gasteiger partial charge in [0.1, 0.15) is 18.4 Å². The highest BCUT2D eigenvalue weighted by molar-refractivity contribution is 5.01. The van der Waals surface area contributed by atoms with E-state index >= 15 is 0 Å². The summed E-state index contributed by atoms with van der Waals surface area (Å²) in [7, 11) is 0. The third-order valence-corrected chi connectivity index (χ3v) is 3.50. The maximum atomic E-state index is 9.74. The van der Waals surface area contributed by atoms with E-state index in [0.29, 0.717) is 6.54 Å². The van der Waals surface area contributed by atoms with E-state index in [2.05, 4.69) is 0 Å². The van der Waals surface area contributed by atoms with E-state index in [9.17, 15) is 20.4 Å². The molecule has 82 valence electrons. The highest BCUT2D eigenvalue weighted by Gasteiger charge is 2.51. The molecule has 2 heterocycles. The van der Waals surface area contributed by atoms with Gasteiger partial charge in [0.15, 0.2) is 0 Å². The number of hydrogen-bond acceptors (Lipinski definition) is 5. The van der Waals surface area contributed by atoms with Gasteiger partial charge in [0.2, 0.25) is 0 Å². The Morgan fingerprint density at radius 1 is 1.00 bits per heavy atom. The molecule has 0 bridgehead atoms. The lowest BCUT2D eigenvalue weighted by Crippen LogP contribution is -2.65. The summed E-state index contributed by atoms with van der Waals surface area (Å²) in [5, 5.41) is 38.3. The Kier molecular flexibility index (Phi) is 2.53. The average Bonchev–Trinajstić information content (AvgIpc) is 2.54. The van der Waals surface area contributed by atoms with Crippen LogP contribution in [0.25, 0.3) is 0 Å². The molecule has 2 aliphatic heterocycles. The van der Waals surface area contributed by atoms with Gasteiger partial charge in [-0.3, -0.25) is 4.90 Å². The summed E-state index contributed by atoms with van der Waals surface area (Å²) in [6.07, 6.45) is -3.66. The van der Waals surface area contributed by atoms with E-state index in [-0.39, 0.29) is 12.0 Å². The monoisotopic (exact) mass is 203 g/mol. The molecule has 5 nitrogen and oxygen atoms in total. The molecule has 0 aromatic carbocycles. The largest absolute Gasteiger partial charge is 0.389 e. The van der Waals surface area contributed by atoms with Crippen molar-refractivity contribution in [3.63, 3.8) is 0 Å². The fraction of sp³-hybridized carbons (Fsp3) is 1.00. The Hall–Kier alpha value is -0.200. The van der Waals surface area contributed by atoms with Crippen LogP contribution in [0.4, 0.5) is 0 Å². The summed E-state index contributed by atoms with van der Waals surface area (Å²) < 4.78 is 0. The van der Waals surface area contributed by atoms with Crippen LogP contribution < -0.4 is 0 Å². The Labute approximate surface area is 82.6 Å². The molecule has 4 N–H and O–H groups in total. The summed E-state index contributed by atoms with van der Waals surface area (Å²) in [6.45, 7) is 2.64. The molecule has 2 fully saturated rings. The maximum Gasteiger partial charge on any atom is 0.136 e. The molecule has 2 rings (SSSR count). The number of aliphatic hydroxyl groups excluding tert-OH is 4. The first-order chi connectivity index (χ1) is 6.54. The Morgan fingerprint density at radius 2 is 1.64 bits per heavy atom. The second-order valence-corrected chi connectivity index (χ2v) is 4.38. The van der Waals surface area contributed by atoms with E-state index in [0.717, 1.165) is 6.42 Å². The van der Waals surface area contributed by atoms with Crippen molar-refractivity contribution in [1.29, 1.82) is 0 Å². The molecule has 0 saturated carbocycles. The van der Waals surface area contributed by atoms with Gasteiger partial charge in [-0.25, -0.2) is 0 Å². The van der Waals surface area contributed by atoms with Crippen LogP contribution in [0.2, 0.25) is 0 Å². The summed E-state index contributed by atoms with van der Waals surface area (Å²) in [4.78, 5) is 1.67. The van der Waals surface area contributed by atoms with E-state index in [4.69, 9.17) is 0 Å². The van der Waals surface area contributed by atoms with Gasteiger partial charge in [0, 0.05) is 12.6 Å². The van der Waals surface area contributed by atoms with Gasteiger partial charge >= 0.3 is 0 Å². The van der Waals surface area contributed by atoms with Crippen LogP contribution in [-0.4, -0.2) is 62.5 Å². The zero-order valence-electron chi connectivity index (χ0n) is 8.11. The predicted octanol–water partition coefficient (Wildman–Crippen LogP) is -1.89. The minimum atomic E-state index is -1.27. The average molecular weight is 203 g/mol. The first-order valence-electron chi connectivity index (χ1n) is 5.02. The normalized spacial score (nSPS) is 54.6. The summed E-state index contributed by atoms with van der Waals surface area (Å²) >= 11 is 0. The summed E-state index contributed by atoms with van der Waals surface area (Å²) in [5.41, 5.74) is 0. The van der Waals surface area contributed by atoms with Crippen LogP contribution >= 0.6 is 0 Å². The van der Waals surface area contributed by atoms with Crippen LogP contribution in [0, 0.1) is 5.92 Å². The van der Waals surface area contributed by atoms with Crippen molar-refractivity contribution in [1.82, 2.24) is 4.90 Å². The van der Waals surface area contributed by atoms with Crippen molar-refractivity contribution in [2.24, 2.45) is 5.92 Å². The predicted molar refractivity (Wildman–Crippen MR) is 48.3 cm³/mol. The molecule has 14 heavy (non-hydrogen) atoms. The van der Waals surface area contributed by atoms with Crippen molar-refractivity contribution in [2.75, 3.05) is 6.54 Å². The number of rotatable bonds is 0. The number of nitrogens with zero attached hydrogens (tertiary/aromatic N) is 1. The molecule has 0 aromatic rings. The molecule has 2 aliphatic rings. The third kappa shape index (κ3) is 1.28. The molecular formula is C9H17NO4. The Balaban J connectivity index is 2.23. The number of fused-ring (bicyclic) bond motifs is 1. The van der Waals surface area contributed by atoms with Gasteiger partial charge in [0.25, 0.3) is 0 Å². The smallest absolute Gasteiger partial charge is 0.136 e. The van der Waals surface area contributed by atoms with Crippen molar-refractivity contribution < 1.29 is 20.4 Å². The summed E-state index contributed by atoms with van der Waals surface area (Å²) in [6, 6.07) is -0.233. The topological polar surface area (TPSA) is 84.2 Å². The molecule has 5 heteroatoms. The number of hydrogen-bond donors (Lipinski definition) is 4. The van der Waals surface area contributed by atoms with Gasteiger partial charge in [-0.2, -0.15) is 0 Å². The first kappa shape index (κ1) is 10.3. The van der Waals surface area contributed by atoms with Crippen LogP contribution in [0.3, 0.4) is 0 Å². The first-order valence-corrected chi connectivity index (χ1v) is 5.02. The van der Waals surface area contributed by atoms with Crippen molar-refractivity contribution in [3.8, 4) is 0 Å². The van der Waals surface area contributed by atoms with Crippen LogP contribution in [-0.2, 0) is 0 Å². The second kappa shape index (κ2) is 3.43. The molecular weight excluding hydrogens is 186 g/mol. The SMILES string of the molecule is CC1CCN2C(O)C(O)C(O)C(O)C12. The lowest BCUT2D eigenvalue weighted by molar-refractivity contribution is -0.211. The van der Waals surface area contributed by atoms with E-state index in [1.54, 1.807) is 4.90 Å². The van der Waals surface area contributed by atoms with Crippen molar-refractivity contribution in [3.05, 3.63) is 0 Å². The zero-order chi connectivity index (χ0) is 10.5. The lowest BCUT2D eigenvalue weighted by atomic mass is 9.88. The molecule has 2 saturated heterocycles. The van der Waals surface area contributed by atoms with Gasteiger partial charge < -0.3 is 20.4 Å². The van der Waals surface area contributed by atoms with Crippen molar-refractivity contribution >= 4 is 0 Å². The van der Waals surface area contributed by atoms with Gasteiger partial charge in [-0.15, -0.1) is 0 Å². The Bertz CT molecular complexity index is 225. The quantitative estimate of drug-likeness (QED) is 0.370. The number of aliphatic hydroxyl groups is 4. The third-order valence-electron chi connectivity index (χ3n) is 3.50. The Morgan fingerprint density at radius 3 is 2.29 bits per heavy atom. The molecule has 6 atom stereocenters. The molecule has 0 aliphatic carbocycles. The van der Waals surface area contributed by atoms with E-state index in [1.807, 2.05) is 6.92 Å². The standard InChI is InChI=1S/C9H17NO4/c1-4-2-3-10-5(4)6(11)7(12)8(13)9(10)14/h4-9,11-14H,2-3H2,1H3. The molecule has 0 radical (unpaired) electrons. The molecule has 0 spiro atoms. The van der Waals surface area contributed by atoms with Crippen LogP contribution in [0.5, 0.6) is 0 Å². The zero-order valence-corrected chi connectivity index (χ0v) is 8.11. The molecule has 0 amide bonds. The van der Waals surface area contributed by atoms with E-state index < -0.39 is 24.5 Å². The van der Waals surface area contributed by atoms with Crippen LogP contribution in [0.1, 0.15) is 13.3 Å². The second-order valence-electron chi connectivity index (χ2n) is 4.38. The highest BCUT2D eigenvalue weighted by Crippen LogP contribution is 2.34. The lowest BCUT2D eigenvalue weighted by Gasteiger charge is -2.44. The minimum absolute atomic E-state index is 0.233. The molecule has 6 unspecified atom stereocenters. The fourth-order valence-corrected chi connectivity index (χ4v) is 2.62. The maximum absolute atomic E-state index is 9.74. The van der Waals surface area contributed by atoms with Gasteiger partial charge in [-0.05, 0) is 12.3 Å². The van der Waals surface area contributed by atoms with Gasteiger partial charge in [-0.1, -0.05) is 6.92 Å². The van der Waals surface area contributed by atoms with Crippen LogP contribution in [0.15, 0.2) is 0 Å².